The number of hydrogen-bond donors (Lipinski definition) is 2. The lowest BCUT2D eigenvalue weighted by Gasteiger charge is -2.33. The van der Waals surface area contributed by atoms with Crippen molar-refractivity contribution in [3.63, 3.8) is 0 Å². The van der Waals surface area contributed by atoms with Gasteiger partial charge in [-0.3, -0.25) is 4.79 Å². The van der Waals surface area contributed by atoms with Gasteiger partial charge < -0.3 is 20.7 Å². The Bertz CT molecular complexity index is 781. The summed E-state index contributed by atoms with van der Waals surface area (Å²) in [5.74, 6) is 1.41. The Morgan fingerprint density at radius 3 is 2.54 bits per heavy atom. The predicted octanol–water partition coefficient (Wildman–Crippen LogP) is 4.94. The van der Waals surface area contributed by atoms with E-state index in [1.165, 1.54) is 12.8 Å². The van der Waals surface area contributed by atoms with Crippen LogP contribution >= 0.6 is 0 Å². The monoisotopic (exact) mass is 381 g/mol. The fourth-order valence-corrected chi connectivity index (χ4v) is 3.41. The normalized spacial score (nSPS) is 14.7. The molecule has 1 aliphatic heterocycles. The highest BCUT2D eigenvalue weighted by atomic mass is 16.5. The Kier molecular flexibility index (Phi) is 6.80. The second-order valence-electron chi connectivity index (χ2n) is 7.62. The largest absolute Gasteiger partial charge is 0.494 e. The Hall–Kier alpha value is -2.69. The number of nitrogen functional groups attached to an aromatic ring is 1. The van der Waals surface area contributed by atoms with Gasteiger partial charge in [-0.1, -0.05) is 20.3 Å². The molecule has 1 fully saturated rings. The summed E-state index contributed by atoms with van der Waals surface area (Å²) in [6.07, 6.45) is 4.50. The zero-order chi connectivity index (χ0) is 19.9. The van der Waals surface area contributed by atoms with Crippen LogP contribution in [0.3, 0.4) is 0 Å². The van der Waals surface area contributed by atoms with Crippen LogP contribution in [0.5, 0.6) is 5.75 Å². The highest BCUT2D eigenvalue weighted by Gasteiger charge is 2.18. The Labute approximate surface area is 167 Å². The number of amides is 1. The molecule has 28 heavy (non-hydrogen) atoms. The molecule has 0 radical (unpaired) electrons. The second kappa shape index (κ2) is 9.49. The maximum absolute atomic E-state index is 12.5. The number of anilines is 3. The molecule has 3 N–H and O–H groups in total. The highest BCUT2D eigenvalue weighted by Crippen LogP contribution is 2.30. The van der Waals surface area contributed by atoms with Crippen molar-refractivity contribution in [2.24, 2.45) is 5.92 Å². The third-order valence-corrected chi connectivity index (χ3v) is 5.29. The summed E-state index contributed by atoms with van der Waals surface area (Å²) in [6, 6.07) is 13.0. The fraction of sp³-hybridized carbons (Fsp3) is 0.435. The van der Waals surface area contributed by atoms with E-state index in [0.717, 1.165) is 43.3 Å². The average Bonchev–Trinajstić information content (AvgIpc) is 2.70. The van der Waals surface area contributed by atoms with Crippen LogP contribution in [0.2, 0.25) is 0 Å². The smallest absolute Gasteiger partial charge is 0.255 e. The summed E-state index contributed by atoms with van der Waals surface area (Å²) in [6.45, 7) is 7.18. The summed E-state index contributed by atoms with van der Waals surface area (Å²) >= 11 is 0. The van der Waals surface area contributed by atoms with Crippen molar-refractivity contribution < 1.29 is 9.53 Å². The minimum Gasteiger partial charge on any atom is -0.494 e. The van der Waals surface area contributed by atoms with Crippen LogP contribution in [-0.4, -0.2) is 25.6 Å². The van der Waals surface area contributed by atoms with Gasteiger partial charge in [-0.25, -0.2) is 0 Å². The van der Waals surface area contributed by atoms with Gasteiger partial charge in [0.1, 0.15) is 5.75 Å². The molecule has 2 aromatic carbocycles. The van der Waals surface area contributed by atoms with E-state index in [2.05, 4.69) is 24.1 Å². The van der Waals surface area contributed by atoms with E-state index in [9.17, 15) is 4.79 Å². The van der Waals surface area contributed by atoms with Crippen LogP contribution in [0.4, 0.5) is 17.1 Å². The van der Waals surface area contributed by atoms with Crippen molar-refractivity contribution in [2.45, 2.75) is 39.5 Å². The molecule has 0 aliphatic carbocycles. The van der Waals surface area contributed by atoms with E-state index >= 15 is 0 Å². The van der Waals surface area contributed by atoms with Crippen molar-refractivity contribution in [1.82, 2.24) is 0 Å². The van der Waals surface area contributed by atoms with Crippen molar-refractivity contribution in [3.8, 4) is 5.75 Å². The van der Waals surface area contributed by atoms with Crippen molar-refractivity contribution in [3.05, 3.63) is 48.0 Å². The number of rotatable bonds is 7. The first-order chi connectivity index (χ1) is 13.6. The zero-order valence-electron chi connectivity index (χ0n) is 16.9. The summed E-state index contributed by atoms with van der Waals surface area (Å²) < 4.78 is 5.64. The Balaban J connectivity index is 1.60. The fourth-order valence-electron chi connectivity index (χ4n) is 3.41. The number of benzene rings is 2. The third kappa shape index (κ3) is 5.18. The standard InChI is InChI=1S/C23H31N3O2/c1-3-4-15-28-20-8-5-18(6-9-20)23(27)25-19-7-10-22(21(24)16-19)26-13-11-17(2)12-14-26/h5-10,16-17H,3-4,11-15,24H2,1-2H3,(H,25,27). The van der Waals surface area contributed by atoms with Gasteiger partial charge in [-0.15, -0.1) is 0 Å². The molecule has 0 unspecified atom stereocenters. The molecule has 1 saturated heterocycles. The number of carbonyl (C=O) groups excluding carboxylic acids is 1. The first kappa shape index (κ1) is 20.1. The minimum atomic E-state index is -0.154. The molecule has 0 saturated carbocycles. The van der Waals surface area contributed by atoms with Crippen LogP contribution in [-0.2, 0) is 0 Å². The summed E-state index contributed by atoms with van der Waals surface area (Å²) in [4.78, 5) is 14.8. The zero-order valence-corrected chi connectivity index (χ0v) is 16.9. The van der Waals surface area contributed by atoms with Crippen LogP contribution in [0.25, 0.3) is 0 Å². The van der Waals surface area contributed by atoms with Gasteiger partial charge in [0.25, 0.3) is 5.91 Å². The van der Waals surface area contributed by atoms with Crippen LogP contribution < -0.4 is 20.7 Å². The van der Waals surface area contributed by atoms with E-state index in [0.29, 0.717) is 23.5 Å². The molecule has 1 heterocycles. The van der Waals surface area contributed by atoms with Gasteiger partial charge in [0.15, 0.2) is 0 Å². The summed E-state index contributed by atoms with van der Waals surface area (Å²) in [5.41, 5.74) is 9.33. The molecule has 0 bridgehead atoms. The van der Waals surface area contributed by atoms with E-state index in [-0.39, 0.29) is 5.91 Å². The van der Waals surface area contributed by atoms with Gasteiger partial charge in [-0.05, 0) is 67.6 Å². The van der Waals surface area contributed by atoms with E-state index in [1.54, 1.807) is 12.1 Å². The molecule has 1 aliphatic rings. The number of nitrogens with zero attached hydrogens (tertiary/aromatic N) is 1. The first-order valence-corrected chi connectivity index (χ1v) is 10.3. The third-order valence-electron chi connectivity index (χ3n) is 5.29. The minimum absolute atomic E-state index is 0.154. The lowest BCUT2D eigenvalue weighted by atomic mass is 9.98. The average molecular weight is 382 g/mol. The summed E-state index contributed by atoms with van der Waals surface area (Å²) in [5, 5.41) is 2.93. The number of piperidine rings is 1. The molecule has 5 nitrogen and oxygen atoms in total. The molecule has 150 valence electrons. The Morgan fingerprint density at radius 1 is 1.18 bits per heavy atom. The van der Waals surface area contributed by atoms with E-state index < -0.39 is 0 Å². The summed E-state index contributed by atoms with van der Waals surface area (Å²) in [7, 11) is 0. The van der Waals surface area contributed by atoms with E-state index in [1.807, 2.05) is 30.3 Å². The maximum atomic E-state index is 12.5. The maximum Gasteiger partial charge on any atom is 0.255 e. The molecule has 1 amide bonds. The molecule has 0 aromatic heterocycles. The Morgan fingerprint density at radius 2 is 1.89 bits per heavy atom. The number of carbonyl (C=O) groups is 1. The molecular formula is C23H31N3O2. The van der Waals surface area contributed by atoms with Crippen molar-refractivity contribution in [2.75, 3.05) is 35.6 Å². The van der Waals surface area contributed by atoms with Gasteiger partial charge >= 0.3 is 0 Å². The molecule has 2 aromatic rings. The number of nitrogens with two attached hydrogens (primary N) is 1. The predicted molar refractivity (Wildman–Crippen MR) is 116 cm³/mol. The van der Waals surface area contributed by atoms with Crippen LogP contribution in [0, 0.1) is 5.92 Å². The number of nitrogens with one attached hydrogen (secondary N) is 1. The molecule has 5 heteroatoms. The molecule has 3 rings (SSSR count). The van der Waals surface area contributed by atoms with Crippen molar-refractivity contribution >= 4 is 23.0 Å². The molecule has 0 atom stereocenters. The number of unbranched alkanes of at least 4 members (excludes halogenated alkanes) is 1. The number of ether oxygens (including phenoxy) is 1. The topological polar surface area (TPSA) is 67.6 Å². The lowest BCUT2D eigenvalue weighted by molar-refractivity contribution is 0.102. The van der Waals surface area contributed by atoms with Gasteiger partial charge in [0, 0.05) is 24.3 Å². The first-order valence-electron chi connectivity index (χ1n) is 10.3. The molecule has 0 spiro atoms. The lowest BCUT2D eigenvalue weighted by Crippen LogP contribution is -2.33. The highest BCUT2D eigenvalue weighted by molar-refractivity contribution is 6.04. The van der Waals surface area contributed by atoms with Gasteiger partial charge in [-0.2, -0.15) is 0 Å². The quantitative estimate of drug-likeness (QED) is 0.527. The SMILES string of the molecule is CCCCOc1ccc(C(=O)Nc2ccc(N3CCC(C)CC3)c(N)c2)cc1. The van der Waals surface area contributed by atoms with Crippen LogP contribution in [0.15, 0.2) is 42.5 Å². The second-order valence-corrected chi connectivity index (χ2v) is 7.62. The van der Waals surface area contributed by atoms with E-state index in [4.69, 9.17) is 10.5 Å². The van der Waals surface area contributed by atoms with Gasteiger partial charge in [0.05, 0.1) is 18.0 Å². The number of hydrogen-bond acceptors (Lipinski definition) is 4. The van der Waals surface area contributed by atoms with Crippen molar-refractivity contribution in [1.29, 1.82) is 0 Å². The van der Waals surface area contributed by atoms with Crippen LogP contribution in [0.1, 0.15) is 49.9 Å². The molecular weight excluding hydrogens is 350 g/mol. The van der Waals surface area contributed by atoms with Gasteiger partial charge in [0.2, 0.25) is 0 Å².